The summed E-state index contributed by atoms with van der Waals surface area (Å²) >= 11 is 6.17. The first kappa shape index (κ1) is 28.6. The second-order valence-electron chi connectivity index (χ2n) is 8.29. The van der Waals surface area contributed by atoms with Gasteiger partial charge >= 0.3 is 6.03 Å². The molecule has 0 fully saturated rings. The zero-order chi connectivity index (χ0) is 26.7. The quantitative estimate of drug-likeness (QED) is 0.221. The van der Waals surface area contributed by atoms with Crippen molar-refractivity contribution in [1.82, 2.24) is 5.32 Å². The number of hydrogen-bond donors (Lipinski definition) is 2. The van der Waals surface area contributed by atoms with Gasteiger partial charge in [-0.15, -0.1) is 0 Å². The van der Waals surface area contributed by atoms with Crippen molar-refractivity contribution in [3.63, 3.8) is 0 Å². The largest absolute Gasteiger partial charge is 0.382 e. The van der Waals surface area contributed by atoms with Gasteiger partial charge in [0, 0.05) is 36.9 Å². The highest BCUT2D eigenvalue weighted by Gasteiger charge is 2.39. The Bertz CT molecular complexity index is 1130. The van der Waals surface area contributed by atoms with Crippen LogP contribution in [0.4, 0.5) is 14.9 Å². The van der Waals surface area contributed by atoms with Gasteiger partial charge in [-0.3, -0.25) is 0 Å². The number of carbonyl (C=O) groups is 1. The smallest absolute Gasteiger partial charge is 0.319 e. The van der Waals surface area contributed by atoms with Crippen LogP contribution in [0, 0.1) is 12.7 Å². The van der Waals surface area contributed by atoms with E-state index in [0.717, 1.165) is 11.1 Å². The van der Waals surface area contributed by atoms with E-state index in [-0.39, 0.29) is 25.6 Å². The molecule has 198 valence electrons. The van der Waals surface area contributed by atoms with Crippen molar-refractivity contribution in [2.24, 2.45) is 0 Å². The Morgan fingerprint density at radius 3 is 2.11 bits per heavy atom. The van der Waals surface area contributed by atoms with Gasteiger partial charge in [0.15, 0.2) is 0 Å². The van der Waals surface area contributed by atoms with E-state index >= 15 is 0 Å². The molecule has 0 unspecified atom stereocenters. The molecule has 2 N–H and O–H groups in total. The molecule has 9 heteroatoms. The van der Waals surface area contributed by atoms with E-state index in [9.17, 15) is 9.18 Å². The van der Waals surface area contributed by atoms with Crippen LogP contribution in [0.15, 0.2) is 66.7 Å². The molecular formula is C28H32ClFN2O5. The Kier molecular flexibility index (Phi) is 10.9. The van der Waals surface area contributed by atoms with E-state index in [1.54, 1.807) is 44.6 Å². The van der Waals surface area contributed by atoms with Gasteiger partial charge in [0.1, 0.15) is 5.82 Å². The standard InChI is InChI=1S/C28H32ClFN2O5/c1-20-4-13-26(32-27(33)31-19-21-5-11-24(30)12-6-21)25(18-20)28(36-16-14-34-2,37-17-15-35-3)22-7-9-23(29)10-8-22/h4-13,18H,14-17,19H2,1-3H3,(H2,31,32,33). The number of benzene rings is 3. The number of carbonyl (C=O) groups excluding carboxylic acids is 1. The molecule has 2 amide bonds. The van der Waals surface area contributed by atoms with E-state index < -0.39 is 11.8 Å². The fraction of sp³-hybridized carbons (Fsp3) is 0.321. The highest BCUT2D eigenvalue weighted by molar-refractivity contribution is 6.30. The number of anilines is 1. The van der Waals surface area contributed by atoms with Crippen LogP contribution in [0.2, 0.25) is 5.02 Å². The third kappa shape index (κ3) is 7.99. The fourth-order valence-electron chi connectivity index (χ4n) is 3.72. The Labute approximate surface area is 221 Å². The first-order valence-electron chi connectivity index (χ1n) is 11.8. The number of rotatable bonds is 13. The summed E-state index contributed by atoms with van der Waals surface area (Å²) in [5, 5.41) is 6.28. The summed E-state index contributed by atoms with van der Waals surface area (Å²) in [6.07, 6.45) is 0. The predicted molar refractivity (Wildman–Crippen MR) is 141 cm³/mol. The molecule has 0 radical (unpaired) electrons. The maximum atomic E-state index is 13.2. The molecule has 0 saturated heterocycles. The predicted octanol–water partition coefficient (Wildman–Crippen LogP) is 5.64. The molecule has 0 saturated carbocycles. The Hall–Kier alpha value is -3.01. The van der Waals surface area contributed by atoms with Crippen LogP contribution in [0.5, 0.6) is 0 Å². The number of halogens is 2. The minimum Gasteiger partial charge on any atom is -0.382 e. The Morgan fingerprint density at radius 2 is 1.51 bits per heavy atom. The van der Waals surface area contributed by atoms with Crippen molar-refractivity contribution in [1.29, 1.82) is 0 Å². The second kappa shape index (κ2) is 14.1. The van der Waals surface area contributed by atoms with Crippen LogP contribution in [-0.4, -0.2) is 46.7 Å². The second-order valence-corrected chi connectivity index (χ2v) is 8.73. The molecule has 0 atom stereocenters. The van der Waals surface area contributed by atoms with Crippen molar-refractivity contribution >= 4 is 23.3 Å². The number of methoxy groups -OCH3 is 2. The van der Waals surface area contributed by atoms with Crippen LogP contribution in [-0.2, 0) is 31.3 Å². The Balaban J connectivity index is 1.98. The highest BCUT2D eigenvalue weighted by atomic mass is 35.5. The number of ether oxygens (including phenoxy) is 4. The molecule has 3 aromatic carbocycles. The number of aryl methyl sites for hydroxylation is 1. The number of amides is 2. The lowest BCUT2D eigenvalue weighted by Gasteiger charge is -2.36. The first-order valence-corrected chi connectivity index (χ1v) is 12.2. The van der Waals surface area contributed by atoms with Gasteiger partial charge in [-0.2, -0.15) is 0 Å². The molecule has 0 bridgehead atoms. The van der Waals surface area contributed by atoms with Gasteiger partial charge in [-0.25, -0.2) is 9.18 Å². The maximum Gasteiger partial charge on any atom is 0.319 e. The van der Waals surface area contributed by atoms with Gasteiger partial charge in [-0.1, -0.05) is 47.5 Å². The van der Waals surface area contributed by atoms with Gasteiger partial charge in [-0.05, 0) is 48.9 Å². The number of nitrogens with one attached hydrogen (secondary N) is 2. The average Bonchev–Trinajstić information content (AvgIpc) is 2.89. The third-order valence-electron chi connectivity index (χ3n) is 5.55. The molecule has 0 heterocycles. The zero-order valence-corrected chi connectivity index (χ0v) is 21.9. The van der Waals surface area contributed by atoms with Crippen LogP contribution >= 0.6 is 11.6 Å². The van der Waals surface area contributed by atoms with Crippen LogP contribution in [0.3, 0.4) is 0 Å². The normalized spacial score (nSPS) is 11.4. The van der Waals surface area contributed by atoms with Gasteiger partial charge in [0.05, 0.1) is 32.1 Å². The molecule has 37 heavy (non-hydrogen) atoms. The summed E-state index contributed by atoms with van der Waals surface area (Å²) in [6, 6.07) is 18.2. The Morgan fingerprint density at radius 1 is 0.892 bits per heavy atom. The molecular weight excluding hydrogens is 499 g/mol. The van der Waals surface area contributed by atoms with Gasteiger partial charge in [0.25, 0.3) is 0 Å². The average molecular weight is 531 g/mol. The summed E-state index contributed by atoms with van der Waals surface area (Å²) in [4.78, 5) is 12.9. The van der Waals surface area contributed by atoms with Gasteiger partial charge in [0.2, 0.25) is 5.79 Å². The molecule has 0 aromatic heterocycles. The zero-order valence-electron chi connectivity index (χ0n) is 21.2. The first-order chi connectivity index (χ1) is 17.9. The van der Waals surface area contributed by atoms with Crippen molar-refractivity contribution in [2.75, 3.05) is 46.0 Å². The highest BCUT2D eigenvalue weighted by Crippen LogP contribution is 2.40. The van der Waals surface area contributed by atoms with E-state index in [4.69, 9.17) is 30.5 Å². The summed E-state index contributed by atoms with van der Waals surface area (Å²) in [5.74, 6) is -1.73. The van der Waals surface area contributed by atoms with E-state index in [1.165, 1.54) is 12.1 Å². The lowest BCUT2D eigenvalue weighted by atomic mass is 9.93. The molecule has 3 aromatic rings. The maximum absolute atomic E-state index is 13.2. The third-order valence-corrected chi connectivity index (χ3v) is 5.81. The van der Waals surface area contributed by atoms with E-state index in [1.807, 2.05) is 31.2 Å². The summed E-state index contributed by atoms with van der Waals surface area (Å²) in [7, 11) is 3.18. The van der Waals surface area contributed by atoms with Crippen molar-refractivity contribution in [3.8, 4) is 0 Å². The molecule has 7 nitrogen and oxygen atoms in total. The van der Waals surface area contributed by atoms with Crippen LogP contribution in [0.25, 0.3) is 0 Å². The number of hydrogen-bond acceptors (Lipinski definition) is 5. The topological polar surface area (TPSA) is 78.1 Å². The molecule has 3 rings (SSSR count). The van der Waals surface area contributed by atoms with Crippen molar-refractivity contribution in [2.45, 2.75) is 19.3 Å². The molecule has 0 spiro atoms. The SMILES string of the molecule is COCCOC(OCCOC)(c1ccc(Cl)cc1)c1cc(C)ccc1NC(=O)NCc1ccc(F)cc1. The van der Waals surface area contributed by atoms with Crippen LogP contribution < -0.4 is 10.6 Å². The molecule has 0 aliphatic rings. The van der Waals surface area contributed by atoms with Gasteiger partial charge < -0.3 is 29.6 Å². The van der Waals surface area contributed by atoms with E-state index in [2.05, 4.69) is 10.6 Å². The monoisotopic (exact) mass is 530 g/mol. The molecule has 0 aliphatic carbocycles. The number of urea groups is 1. The van der Waals surface area contributed by atoms with Crippen molar-refractivity contribution < 1.29 is 28.1 Å². The summed E-state index contributed by atoms with van der Waals surface area (Å²) < 4.78 is 36.4. The fourth-order valence-corrected chi connectivity index (χ4v) is 3.84. The summed E-state index contributed by atoms with van der Waals surface area (Å²) in [5.41, 5.74) is 3.48. The van der Waals surface area contributed by atoms with E-state index in [0.29, 0.717) is 35.1 Å². The minimum absolute atomic E-state index is 0.219. The molecule has 0 aliphatic heterocycles. The van der Waals surface area contributed by atoms with Crippen molar-refractivity contribution in [3.05, 3.63) is 99.8 Å². The lowest BCUT2D eigenvalue weighted by Crippen LogP contribution is -2.38. The minimum atomic E-state index is -1.40. The summed E-state index contributed by atoms with van der Waals surface area (Å²) in [6.45, 7) is 3.26. The lowest BCUT2D eigenvalue weighted by molar-refractivity contribution is -0.226. The van der Waals surface area contributed by atoms with Crippen LogP contribution in [0.1, 0.15) is 22.3 Å².